The van der Waals surface area contributed by atoms with Crippen LogP contribution < -0.4 is 4.90 Å². The molecule has 0 saturated carbocycles. The SMILES string of the molecule is C/C=C\N1c2ccccc2S(=O)c2ccccc21. The molecule has 3 heteroatoms. The van der Waals surface area contributed by atoms with E-state index < -0.39 is 10.8 Å². The molecule has 0 spiro atoms. The van der Waals surface area contributed by atoms with Crippen molar-refractivity contribution < 1.29 is 4.21 Å². The van der Waals surface area contributed by atoms with Crippen LogP contribution in [-0.2, 0) is 10.8 Å². The average Bonchev–Trinajstić information content (AvgIpc) is 2.43. The highest BCUT2D eigenvalue weighted by Gasteiger charge is 2.25. The smallest absolute Gasteiger partial charge is 0.0892 e. The highest BCUT2D eigenvalue weighted by atomic mass is 32.2. The van der Waals surface area contributed by atoms with Crippen molar-refractivity contribution in [1.29, 1.82) is 0 Å². The lowest BCUT2D eigenvalue weighted by molar-refractivity contribution is 0.682. The molecule has 2 nitrogen and oxygen atoms in total. The van der Waals surface area contributed by atoms with E-state index in [2.05, 4.69) is 4.90 Å². The van der Waals surface area contributed by atoms with Gasteiger partial charge in [-0.05, 0) is 31.2 Å². The summed E-state index contributed by atoms with van der Waals surface area (Å²) in [6.45, 7) is 1.98. The minimum absolute atomic E-state index is 0.870. The Morgan fingerprint density at radius 1 is 0.944 bits per heavy atom. The molecule has 3 rings (SSSR count). The van der Waals surface area contributed by atoms with Crippen LogP contribution in [0.2, 0.25) is 0 Å². The fourth-order valence-corrected chi connectivity index (χ4v) is 3.54. The minimum Gasteiger partial charge on any atom is -0.315 e. The Hall–Kier alpha value is -1.87. The van der Waals surface area contributed by atoms with Gasteiger partial charge < -0.3 is 4.90 Å². The van der Waals surface area contributed by atoms with Gasteiger partial charge in [-0.15, -0.1) is 0 Å². The van der Waals surface area contributed by atoms with Gasteiger partial charge >= 0.3 is 0 Å². The van der Waals surface area contributed by atoms with Crippen LogP contribution in [0.1, 0.15) is 6.92 Å². The number of nitrogens with zero attached hydrogens (tertiary/aromatic N) is 1. The number of hydrogen-bond donors (Lipinski definition) is 0. The maximum Gasteiger partial charge on any atom is 0.0892 e. The third-order valence-electron chi connectivity index (χ3n) is 2.95. The number of para-hydroxylation sites is 2. The van der Waals surface area contributed by atoms with Crippen molar-refractivity contribution in [2.75, 3.05) is 4.90 Å². The summed E-state index contributed by atoms with van der Waals surface area (Å²) in [5, 5.41) is 0. The van der Waals surface area contributed by atoms with Gasteiger partial charge in [-0.2, -0.15) is 0 Å². The number of allylic oxidation sites excluding steroid dienone is 1. The Bertz CT molecular complexity index is 599. The molecule has 0 unspecified atom stereocenters. The highest BCUT2D eigenvalue weighted by Crippen LogP contribution is 2.41. The highest BCUT2D eigenvalue weighted by molar-refractivity contribution is 7.85. The second-order valence-corrected chi connectivity index (χ2v) is 5.47. The fourth-order valence-electron chi connectivity index (χ4n) is 2.18. The van der Waals surface area contributed by atoms with Gasteiger partial charge in [-0.1, -0.05) is 30.3 Å². The van der Waals surface area contributed by atoms with Crippen LogP contribution in [0.3, 0.4) is 0 Å². The van der Waals surface area contributed by atoms with Gasteiger partial charge in [0.15, 0.2) is 0 Å². The van der Waals surface area contributed by atoms with Crippen LogP contribution in [-0.4, -0.2) is 4.21 Å². The summed E-state index contributed by atoms with van der Waals surface area (Å²) in [6, 6.07) is 15.7. The normalized spacial score (nSPS) is 14.6. The molecule has 0 bridgehead atoms. The van der Waals surface area contributed by atoms with E-state index in [1.54, 1.807) is 0 Å². The van der Waals surface area contributed by atoms with Crippen LogP contribution in [0.15, 0.2) is 70.6 Å². The largest absolute Gasteiger partial charge is 0.315 e. The molecule has 2 aromatic carbocycles. The molecule has 90 valence electrons. The molecule has 0 atom stereocenters. The average molecular weight is 255 g/mol. The quantitative estimate of drug-likeness (QED) is 0.771. The van der Waals surface area contributed by atoms with E-state index in [1.807, 2.05) is 67.7 Å². The van der Waals surface area contributed by atoms with E-state index in [0.717, 1.165) is 21.2 Å². The van der Waals surface area contributed by atoms with E-state index in [1.165, 1.54) is 0 Å². The van der Waals surface area contributed by atoms with Crippen molar-refractivity contribution in [2.24, 2.45) is 0 Å². The number of rotatable bonds is 1. The third-order valence-corrected chi connectivity index (χ3v) is 4.44. The Balaban J connectivity index is 2.30. The lowest BCUT2D eigenvalue weighted by Crippen LogP contribution is -2.18. The van der Waals surface area contributed by atoms with E-state index in [-0.39, 0.29) is 0 Å². The van der Waals surface area contributed by atoms with E-state index in [9.17, 15) is 4.21 Å². The molecule has 0 amide bonds. The predicted octanol–water partition coefficient (Wildman–Crippen LogP) is 3.84. The van der Waals surface area contributed by atoms with Gasteiger partial charge in [-0.25, -0.2) is 4.21 Å². The Kier molecular flexibility index (Phi) is 2.76. The molecule has 2 aromatic rings. The third kappa shape index (κ3) is 1.59. The summed E-state index contributed by atoms with van der Waals surface area (Å²) >= 11 is 0. The first-order valence-electron chi connectivity index (χ1n) is 5.85. The van der Waals surface area contributed by atoms with Gasteiger partial charge in [0.2, 0.25) is 0 Å². The Morgan fingerprint density at radius 3 is 1.94 bits per heavy atom. The van der Waals surface area contributed by atoms with Crippen LogP contribution in [0.25, 0.3) is 0 Å². The zero-order valence-electron chi connectivity index (χ0n) is 10.0. The van der Waals surface area contributed by atoms with Gasteiger partial charge in [0.25, 0.3) is 0 Å². The first-order chi connectivity index (χ1) is 8.83. The molecular formula is C15H13NOS. The molecule has 0 aromatic heterocycles. The van der Waals surface area contributed by atoms with Crippen molar-refractivity contribution >= 4 is 22.2 Å². The Labute approximate surface area is 109 Å². The maximum absolute atomic E-state index is 12.5. The van der Waals surface area contributed by atoms with Gasteiger partial charge in [0.05, 0.1) is 32.0 Å². The molecule has 0 radical (unpaired) electrons. The molecule has 1 heterocycles. The lowest BCUT2D eigenvalue weighted by Gasteiger charge is -2.29. The summed E-state index contributed by atoms with van der Waals surface area (Å²) in [5.41, 5.74) is 1.99. The Morgan fingerprint density at radius 2 is 1.44 bits per heavy atom. The number of anilines is 2. The van der Waals surface area contributed by atoms with Crippen LogP contribution in [0.4, 0.5) is 11.4 Å². The van der Waals surface area contributed by atoms with Crippen LogP contribution in [0.5, 0.6) is 0 Å². The maximum atomic E-state index is 12.5. The van der Waals surface area contributed by atoms with Crippen LogP contribution >= 0.6 is 0 Å². The first-order valence-corrected chi connectivity index (χ1v) is 7.00. The zero-order chi connectivity index (χ0) is 12.5. The standard InChI is InChI=1S/C15H13NOS/c1-2-11-16-12-7-3-5-9-14(12)18(17)15-10-6-4-8-13(15)16/h2-11H,1H3/b11-2-. The summed E-state index contributed by atoms with van der Waals surface area (Å²) in [6.07, 6.45) is 4.00. The summed E-state index contributed by atoms with van der Waals surface area (Å²) < 4.78 is 12.5. The van der Waals surface area contributed by atoms with Crippen molar-refractivity contribution in [1.82, 2.24) is 0 Å². The summed E-state index contributed by atoms with van der Waals surface area (Å²) in [5.74, 6) is 0. The van der Waals surface area contributed by atoms with Gasteiger partial charge in [0, 0.05) is 6.20 Å². The van der Waals surface area contributed by atoms with Crippen molar-refractivity contribution in [3.63, 3.8) is 0 Å². The van der Waals surface area contributed by atoms with Gasteiger partial charge in [0.1, 0.15) is 0 Å². The number of fused-ring (bicyclic) bond motifs is 2. The summed E-state index contributed by atoms with van der Waals surface area (Å²) in [4.78, 5) is 3.83. The summed E-state index contributed by atoms with van der Waals surface area (Å²) in [7, 11) is -1.09. The van der Waals surface area contributed by atoms with Crippen molar-refractivity contribution in [2.45, 2.75) is 16.7 Å². The number of hydrogen-bond acceptors (Lipinski definition) is 2. The topological polar surface area (TPSA) is 20.3 Å². The molecule has 0 saturated heterocycles. The van der Waals surface area contributed by atoms with E-state index in [0.29, 0.717) is 0 Å². The van der Waals surface area contributed by atoms with Crippen molar-refractivity contribution in [3.05, 3.63) is 60.8 Å². The monoisotopic (exact) mass is 255 g/mol. The zero-order valence-corrected chi connectivity index (χ0v) is 10.9. The molecular weight excluding hydrogens is 242 g/mol. The predicted molar refractivity (Wildman–Crippen MR) is 74.5 cm³/mol. The van der Waals surface area contributed by atoms with Crippen molar-refractivity contribution in [3.8, 4) is 0 Å². The van der Waals surface area contributed by atoms with E-state index >= 15 is 0 Å². The fraction of sp³-hybridized carbons (Fsp3) is 0.0667. The minimum atomic E-state index is -1.09. The van der Waals surface area contributed by atoms with Crippen LogP contribution in [0, 0.1) is 0 Å². The second-order valence-electron chi connectivity index (χ2n) is 4.06. The molecule has 1 aliphatic rings. The molecule has 1 aliphatic heterocycles. The van der Waals surface area contributed by atoms with E-state index in [4.69, 9.17) is 0 Å². The molecule has 18 heavy (non-hydrogen) atoms. The molecule has 0 N–H and O–H groups in total. The molecule has 0 aliphatic carbocycles. The number of benzene rings is 2. The second kappa shape index (κ2) is 4.42. The lowest BCUT2D eigenvalue weighted by atomic mass is 10.2. The van der Waals surface area contributed by atoms with Gasteiger partial charge in [-0.3, -0.25) is 0 Å². The molecule has 0 fully saturated rings. The first kappa shape index (κ1) is 11.2.